The smallest absolute Gasteiger partial charge is 0.263 e. The zero-order chi connectivity index (χ0) is 37.1. The molecule has 1 aromatic heterocycles. The highest BCUT2D eigenvalue weighted by atomic mass is 19.2. The molecule has 1 amide bonds. The average Bonchev–Trinajstić information content (AvgIpc) is 3.13. The second-order valence-electron chi connectivity index (χ2n) is 13.9. The predicted octanol–water partition coefficient (Wildman–Crippen LogP) is 9.08. The van der Waals surface area contributed by atoms with Crippen LogP contribution in [-0.4, -0.2) is 68.0 Å². The van der Waals surface area contributed by atoms with E-state index in [0.717, 1.165) is 25.0 Å². The van der Waals surface area contributed by atoms with Gasteiger partial charge in [-0.15, -0.1) is 0 Å². The number of anilines is 1. The number of ether oxygens (including phenoxy) is 3. The lowest BCUT2D eigenvalue weighted by atomic mass is 10.1. The lowest BCUT2D eigenvalue weighted by Crippen LogP contribution is -2.48. The number of rotatable bonds is 18. The quantitative estimate of drug-likeness (QED) is 0.0759. The van der Waals surface area contributed by atoms with Gasteiger partial charge >= 0.3 is 0 Å². The van der Waals surface area contributed by atoms with Gasteiger partial charge in [-0.1, -0.05) is 19.3 Å². The second-order valence-corrected chi connectivity index (χ2v) is 13.9. The molecule has 0 atom stereocenters. The fourth-order valence-corrected chi connectivity index (χ4v) is 7.19. The number of nitrogens with zero attached hydrogens (tertiary/aromatic N) is 3. The van der Waals surface area contributed by atoms with Gasteiger partial charge < -0.3 is 28.2 Å². The van der Waals surface area contributed by atoms with Gasteiger partial charge in [0.2, 0.25) is 5.43 Å². The molecule has 10 heteroatoms. The minimum atomic E-state index is -1.08. The molecule has 4 aromatic rings. The van der Waals surface area contributed by atoms with Gasteiger partial charge in [0.25, 0.3) is 5.91 Å². The number of hydrogen-bond donors (Lipinski definition) is 0. The van der Waals surface area contributed by atoms with Crippen LogP contribution in [0.2, 0.25) is 0 Å². The van der Waals surface area contributed by atoms with Crippen molar-refractivity contribution in [2.24, 2.45) is 0 Å². The van der Waals surface area contributed by atoms with Gasteiger partial charge in [0.15, 0.2) is 11.6 Å². The molecule has 0 saturated carbocycles. The summed E-state index contributed by atoms with van der Waals surface area (Å²) >= 11 is 0. The highest BCUT2D eigenvalue weighted by Gasteiger charge is 2.25. The standard InChI is InChI=1S/C42H54F2N3O5/c1-5-45(31-17-20-38(43)39(44)27-31)42(49)37-30-46(32-25-34(50-6-2)28-35(26-32)51-7-3)40-29-33(18-19-36(40)41(37)48)52-24-16-11-9-8-10-13-21-47(4)22-14-12-15-23-47/h17-20,25-30H,5-16,21-24H2,1-4H3/q+1. The molecular formula is C42H54F2N3O5+. The summed E-state index contributed by atoms with van der Waals surface area (Å²) in [5.41, 5.74) is 0.686. The van der Waals surface area contributed by atoms with Crippen molar-refractivity contribution in [2.45, 2.75) is 78.6 Å². The lowest BCUT2D eigenvalue weighted by molar-refractivity contribution is -0.914. The number of hydrogen-bond acceptors (Lipinski definition) is 5. The van der Waals surface area contributed by atoms with Crippen molar-refractivity contribution in [3.63, 3.8) is 0 Å². The molecule has 52 heavy (non-hydrogen) atoms. The Labute approximate surface area is 306 Å². The van der Waals surface area contributed by atoms with E-state index in [1.807, 2.05) is 32.0 Å². The number of pyridine rings is 1. The number of aromatic nitrogens is 1. The molecule has 1 aliphatic heterocycles. The Kier molecular flexibility index (Phi) is 13.7. The second kappa shape index (κ2) is 18.4. The molecule has 0 N–H and O–H groups in total. The zero-order valence-corrected chi connectivity index (χ0v) is 31.2. The summed E-state index contributed by atoms with van der Waals surface area (Å²) in [6, 6.07) is 13.9. The fourth-order valence-electron chi connectivity index (χ4n) is 7.19. The normalized spacial score (nSPS) is 14.0. The molecular weight excluding hydrogens is 664 g/mol. The lowest BCUT2D eigenvalue weighted by Gasteiger charge is -2.37. The molecule has 3 aromatic carbocycles. The van der Waals surface area contributed by atoms with Crippen molar-refractivity contribution in [1.82, 2.24) is 4.57 Å². The molecule has 0 aliphatic carbocycles. The third kappa shape index (κ3) is 9.70. The van der Waals surface area contributed by atoms with Crippen LogP contribution in [0.1, 0.15) is 88.9 Å². The van der Waals surface area contributed by atoms with E-state index in [1.165, 1.54) is 86.2 Å². The van der Waals surface area contributed by atoms with Gasteiger partial charge in [-0.25, -0.2) is 8.78 Å². The summed E-state index contributed by atoms with van der Waals surface area (Å²) in [5, 5.41) is 0.306. The minimum absolute atomic E-state index is 0.126. The maximum atomic E-state index is 14.2. The summed E-state index contributed by atoms with van der Waals surface area (Å²) < 4.78 is 48.8. The van der Waals surface area contributed by atoms with Crippen LogP contribution in [0.15, 0.2) is 65.6 Å². The summed E-state index contributed by atoms with van der Waals surface area (Å²) in [4.78, 5) is 29.3. The van der Waals surface area contributed by atoms with E-state index in [0.29, 0.717) is 53.7 Å². The largest absolute Gasteiger partial charge is 0.494 e. The van der Waals surface area contributed by atoms with Gasteiger partial charge in [-0.05, 0) is 83.6 Å². The SMILES string of the molecule is CCOc1cc(OCC)cc(-n2cc(C(=O)N(CC)c3ccc(F)c(F)c3)c(=O)c3ccc(OCCCCCCCC[N+]4(C)CCCCC4)cc32)c1. The van der Waals surface area contributed by atoms with E-state index in [4.69, 9.17) is 14.2 Å². The van der Waals surface area contributed by atoms with E-state index >= 15 is 0 Å². The van der Waals surface area contributed by atoms with E-state index < -0.39 is 23.0 Å². The first-order valence-electron chi connectivity index (χ1n) is 19.0. The van der Waals surface area contributed by atoms with E-state index in [1.54, 1.807) is 29.7 Å². The zero-order valence-electron chi connectivity index (χ0n) is 31.2. The molecule has 0 spiro atoms. The van der Waals surface area contributed by atoms with Gasteiger partial charge in [0.05, 0.1) is 57.7 Å². The van der Waals surface area contributed by atoms with Gasteiger partial charge in [0.1, 0.15) is 22.8 Å². The van der Waals surface area contributed by atoms with Gasteiger partial charge in [-0.3, -0.25) is 9.59 Å². The molecule has 5 rings (SSSR count). The molecule has 1 fully saturated rings. The average molecular weight is 719 g/mol. The predicted molar refractivity (Wildman–Crippen MR) is 203 cm³/mol. The number of halogens is 2. The number of quaternary nitrogens is 1. The van der Waals surface area contributed by atoms with Crippen LogP contribution in [0.4, 0.5) is 14.5 Å². The summed E-state index contributed by atoms with van der Waals surface area (Å²) in [6.45, 7) is 11.0. The number of unbranched alkanes of at least 4 members (excludes halogenated alkanes) is 5. The molecule has 280 valence electrons. The Morgan fingerprint density at radius 1 is 0.769 bits per heavy atom. The van der Waals surface area contributed by atoms with Crippen LogP contribution in [-0.2, 0) is 0 Å². The topological polar surface area (TPSA) is 70.0 Å². The molecule has 0 bridgehead atoms. The van der Waals surface area contributed by atoms with Crippen molar-refractivity contribution < 1.29 is 32.3 Å². The Bertz CT molecular complexity index is 1850. The molecule has 1 aliphatic rings. The fraction of sp³-hybridized carbons (Fsp3) is 0.476. The highest BCUT2D eigenvalue weighted by Crippen LogP contribution is 2.30. The van der Waals surface area contributed by atoms with Gasteiger partial charge in [0, 0.05) is 54.1 Å². The van der Waals surface area contributed by atoms with Crippen molar-refractivity contribution in [3.05, 3.63) is 88.2 Å². The number of piperidine rings is 1. The van der Waals surface area contributed by atoms with Crippen LogP contribution >= 0.6 is 0 Å². The van der Waals surface area contributed by atoms with Crippen LogP contribution in [0, 0.1) is 11.6 Å². The highest BCUT2D eigenvalue weighted by molar-refractivity contribution is 6.07. The van der Waals surface area contributed by atoms with Crippen molar-refractivity contribution in [1.29, 1.82) is 0 Å². The third-order valence-electron chi connectivity index (χ3n) is 10.0. The van der Waals surface area contributed by atoms with Crippen LogP contribution in [0.3, 0.4) is 0 Å². The first-order valence-corrected chi connectivity index (χ1v) is 19.0. The maximum absolute atomic E-state index is 14.2. The van der Waals surface area contributed by atoms with E-state index in [9.17, 15) is 18.4 Å². The summed E-state index contributed by atoms with van der Waals surface area (Å²) in [5.74, 6) is -0.998. The first-order chi connectivity index (χ1) is 25.2. The summed E-state index contributed by atoms with van der Waals surface area (Å²) in [7, 11) is 2.41. The van der Waals surface area contributed by atoms with Crippen molar-refractivity contribution in [2.75, 3.05) is 57.9 Å². The Morgan fingerprint density at radius 2 is 1.44 bits per heavy atom. The minimum Gasteiger partial charge on any atom is -0.494 e. The number of benzene rings is 3. The van der Waals surface area contributed by atoms with Crippen LogP contribution < -0.4 is 24.5 Å². The maximum Gasteiger partial charge on any atom is 0.263 e. The van der Waals surface area contributed by atoms with E-state index in [2.05, 4.69) is 7.05 Å². The Hall–Kier alpha value is -4.44. The Balaban J connectivity index is 1.37. The van der Waals surface area contributed by atoms with Crippen molar-refractivity contribution in [3.8, 4) is 22.9 Å². The monoisotopic (exact) mass is 718 g/mol. The van der Waals surface area contributed by atoms with E-state index in [-0.39, 0.29) is 17.8 Å². The van der Waals surface area contributed by atoms with Gasteiger partial charge in [-0.2, -0.15) is 0 Å². The van der Waals surface area contributed by atoms with Crippen LogP contribution in [0.25, 0.3) is 16.6 Å². The number of amides is 1. The molecule has 8 nitrogen and oxygen atoms in total. The van der Waals surface area contributed by atoms with Crippen molar-refractivity contribution >= 4 is 22.5 Å². The number of carbonyl (C=O) groups is 1. The molecule has 0 radical (unpaired) electrons. The first kappa shape index (κ1) is 38.8. The Morgan fingerprint density at radius 3 is 2.10 bits per heavy atom. The number of carbonyl (C=O) groups excluding carboxylic acids is 1. The summed E-state index contributed by atoms with van der Waals surface area (Å²) in [6.07, 6.45) is 12.6. The number of likely N-dealkylation sites (tertiary alicyclic amines) is 1. The third-order valence-corrected chi connectivity index (χ3v) is 10.0. The molecule has 2 heterocycles. The molecule has 1 saturated heterocycles. The molecule has 0 unspecified atom stereocenters. The number of fused-ring (bicyclic) bond motifs is 1. The van der Waals surface area contributed by atoms with Crippen LogP contribution in [0.5, 0.6) is 17.2 Å².